The van der Waals surface area contributed by atoms with Gasteiger partial charge in [-0.1, -0.05) is 25.3 Å². The number of alkyl halides is 3. The molecule has 114 valence electrons. The number of ether oxygens (including phenoxy) is 1. The van der Waals surface area contributed by atoms with E-state index >= 15 is 0 Å². The molecule has 1 fully saturated rings. The highest BCUT2D eigenvalue weighted by molar-refractivity contribution is 5.97. The molecule has 2 aliphatic rings. The Bertz CT molecular complexity index is 563. The number of carbonyl (C=O) groups excluding carboxylic acids is 1. The third-order valence-electron chi connectivity index (χ3n) is 4.35. The van der Waals surface area contributed by atoms with Crippen LogP contribution in [-0.4, -0.2) is 12.5 Å². The maximum Gasteiger partial charge on any atom is 0.420 e. The molecule has 1 saturated carbocycles. The summed E-state index contributed by atoms with van der Waals surface area (Å²) in [5, 5.41) is 2.63. The SMILES string of the molecule is O=C1Nc2cccc(C(F)(F)F)c2OCC12CCCCC2. The highest BCUT2D eigenvalue weighted by Crippen LogP contribution is 2.46. The molecule has 21 heavy (non-hydrogen) atoms. The van der Waals surface area contributed by atoms with Crippen molar-refractivity contribution in [2.45, 2.75) is 38.3 Å². The maximum absolute atomic E-state index is 13.0. The van der Waals surface area contributed by atoms with Gasteiger partial charge in [-0.15, -0.1) is 0 Å². The van der Waals surface area contributed by atoms with E-state index in [0.29, 0.717) is 12.8 Å². The van der Waals surface area contributed by atoms with E-state index in [4.69, 9.17) is 4.74 Å². The van der Waals surface area contributed by atoms with Crippen LogP contribution in [0.15, 0.2) is 18.2 Å². The predicted molar refractivity (Wildman–Crippen MR) is 71.1 cm³/mol. The Morgan fingerprint density at radius 3 is 2.52 bits per heavy atom. The van der Waals surface area contributed by atoms with E-state index < -0.39 is 17.2 Å². The molecule has 0 atom stereocenters. The number of halogens is 3. The molecule has 6 heteroatoms. The van der Waals surface area contributed by atoms with Crippen molar-refractivity contribution < 1.29 is 22.7 Å². The average molecular weight is 299 g/mol. The molecular formula is C15H16F3NO2. The first-order valence-corrected chi connectivity index (χ1v) is 7.07. The lowest BCUT2D eigenvalue weighted by atomic mass is 9.74. The molecule has 1 aromatic rings. The number of rotatable bonds is 0. The smallest absolute Gasteiger partial charge is 0.420 e. The van der Waals surface area contributed by atoms with E-state index in [1.54, 1.807) is 0 Å². The zero-order valence-electron chi connectivity index (χ0n) is 11.4. The molecule has 1 spiro atoms. The van der Waals surface area contributed by atoms with E-state index in [1.165, 1.54) is 12.1 Å². The molecule has 1 heterocycles. The minimum absolute atomic E-state index is 0.0128. The highest BCUT2D eigenvalue weighted by Gasteiger charge is 2.44. The first-order valence-electron chi connectivity index (χ1n) is 7.07. The first kappa shape index (κ1) is 14.2. The molecule has 0 aromatic heterocycles. The lowest BCUT2D eigenvalue weighted by Gasteiger charge is -2.33. The van der Waals surface area contributed by atoms with Crippen LogP contribution in [0, 0.1) is 5.41 Å². The minimum atomic E-state index is -4.50. The minimum Gasteiger partial charge on any atom is -0.490 e. The second kappa shape index (κ2) is 4.93. The topological polar surface area (TPSA) is 38.3 Å². The molecule has 0 bridgehead atoms. The quantitative estimate of drug-likeness (QED) is 0.786. The standard InChI is InChI=1S/C15H16F3NO2/c16-15(17,18)10-5-4-6-11-12(10)21-9-14(13(20)19-11)7-2-1-3-8-14/h4-6H,1-3,7-9H2,(H,19,20). The van der Waals surface area contributed by atoms with Crippen molar-refractivity contribution in [3.8, 4) is 5.75 Å². The van der Waals surface area contributed by atoms with Gasteiger partial charge in [-0.25, -0.2) is 0 Å². The zero-order chi connectivity index (χ0) is 15.1. The van der Waals surface area contributed by atoms with Crippen molar-refractivity contribution in [1.29, 1.82) is 0 Å². The van der Waals surface area contributed by atoms with Crippen LogP contribution in [0.3, 0.4) is 0 Å². The van der Waals surface area contributed by atoms with Crippen molar-refractivity contribution in [3.05, 3.63) is 23.8 Å². The van der Waals surface area contributed by atoms with Gasteiger partial charge in [-0.3, -0.25) is 4.79 Å². The van der Waals surface area contributed by atoms with E-state index in [9.17, 15) is 18.0 Å². The number of anilines is 1. The number of carbonyl (C=O) groups is 1. The Kier molecular flexibility index (Phi) is 3.34. The molecule has 1 aliphatic carbocycles. The van der Waals surface area contributed by atoms with Crippen LogP contribution in [0.25, 0.3) is 0 Å². The molecule has 0 saturated heterocycles. The Hall–Kier alpha value is -1.72. The third-order valence-corrected chi connectivity index (χ3v) is 4.35. The Balaban J connectivity index is 1.99. The van der Waals surface area contributed by atoms with Gasteiger partial charge < -0.3 is 10.1 Å². The van der Waals surface area contributed by atoms with Gasteiger partial charge in [0.2, 0.25) is 5.91 Å². The van der Waals surface area contributed by atoms with Crippen molar-refractivity contribution in [3.63, 3.8) is 0 Å². The van der Waals surface area contributed by atoms with Crippen LogP contribution in [0.5, 0.6) is 5.75 Å². The van der Waals surface area contributed by atoms with Crippen LogP contribution >= 0.6 is 0 Å². The van der Waals surface area contributed by atoms with Gasteiger partial charge in [0.15, 0.2) is 5.75 Å². The normalized spacial score (nSPS) is 21.2. The average Bonchev–Trinajstić information content (AvgIpc) is 2.57. The molecule has 1 aliphatic heterocycles. The van der Waals surface area contributed by atoms with Crippen molar-refractivity contribution in [2.24, 2.45) is 5.41 Å². The number of hydrogen-bond donors (Lipinski definition) is 1. The fraction of sp³-hybridized carbons (Fsp3) is 0.533. The maximum atomic E-state index is 13.0. The van der Waals surface area contributed by atoms with E-state index in [-0.39, 0.29) is 24.0 Å². The van der Waals surface area contributed by atoms with Gasteiger partial charge >= 0.3 is 6.18 Å². The molecule has 1 aromatic carbocycles. The lowest BCUT2D eigenvalue weighted by molar-refractivity contribution is -0.139. The molecule has 0 unspecified atom stereocenters. The van der Waals surface area contributed by atoms with Gasteiger partial charge in [0.25, 0.3) is 0 Å². The van der Waals surface area contributed by atoms with Crippen LogP contribution in [0.2, 0.25) is 0 Å². The fourth-order valence-electron chi connectivity index (χ4n) is 3.14. The summed E-state index contributed by atoms with van der Waals surface area (Å²) in [6, 6.07) is 3.71. The van der Waals surface area contributed by atoms with Crippen LogP contribution in [0.1, 0.15) is 37.7 Å². The number of nitrogens with one attached hydrogen (secondary N) is 1. The Morgan fingerprint density at radius 1 is 1.14 bits per heavy atom. The van der Waals surface area contributed by atoms with Gasteiger partial charge in [0, 0.05) is 0 Å². The van der Waals surface area contributed by atoms with E-state index in [0.717, 1.165) is 25.3 Å². The Morgan fingerprint density at radius 2 is 1.86 bits per heavy atom. The first-order chi connectivity index (χ1) is 9.92. The van der Waals surface area contributed by atoms with Crippen LogP contribution < -0.4 is 10.1 Å². The van der Waals surface area contributed by atoms with Gasteiger partial charge in [-0.05, 0) is 25.0 Å². The van der Waals surface area contributed by atoms with Crippen molar-refractivity contribution in [2.75, 3.05) is 11.9 Å². The van der Waals surface area contributed by atoms with Gasteiger partial charge in [-0.2, -0.15) is 13.2 Å². The third kappa shape index (κ3) is 2.47. The zero-order valence-corrected chi connectivity index (χ0v) is 11.4. The van der Waals surface area contributed by atoms with Gasteiger partial charge in [0.1, 0.15) is 6.61 Å². The monoisotopic (exact) mass is 299 g/mol. The van der Waals surface area contributed by atoms with Crippen LogP contribution in [0.4, 0.5) is 18.9 Å². The van der Waals surface area contributed by atoms with E-state index in [2.05, 4.69) is 5.32 Å². The molecule has 0 radical (unpaired) electrons. The lowest BCUT2D eigenvalue weighted by Crippen LogP contribution is -2.41. The summed E-state index contributed by atoms with van der Waals surface area (Å²) < 4.78 is 44.6. The molecule has 3 rings (SSSR count). The highest BCUT2D eigenvalue weighted by atomic mass is 19.4. The van der Waals surface area contributed by atoms with E-state index in [1.807, 2.05) is 0 Å². The molecular weight excluding hydrogens is 283 g/mol. The number of fused-ring (bicyclic) bond motifs is 1. The summed E-state index contributed by atoms with van der Waals surface area (Å²) >= 11 is 0. The van der Waals surface area contributed by atoms with Crippen molar-refractivity contribution >= 4 is 11.6 Å². The number of para-hydroxylation sites is 1. The predicted octanol–water partition coefficient (Wildman–Crippen LogP) is 3.99. The summed E-state index contributed by atoms with van der Waals surface area (Å²) in [5.41, 5.74) is -1.43. The van der Waals surface area contributed by atoms with Gasteiger partial charge in [0.05, 0.1) is 16.7 Å². The second-order valence-corrected chi connectivity index (χ2v) is 5.76. The molecule has 1 N–H and O–H groups in total. The summed E-state index contributed by atoms with van der Waals surface area (Å²) in [5.74, 6) is -0.485. The summed E-state index contributed by atoms with van der Waals surface area (Å²) in [7, 11) is 0. The fourth-order valence-corrected chi connectivity index (χ4v) is 3.14. The Labute approximate surface area is 120 Å². The molecule has 3 nitrogen and oxygen atoms in total. The number of hydrogen-bond acceptors (Lipinski definition) is 2. The number of amides is 1. The summed E-state index contributed by atoms with van der Waals surface area (Å²) in [6.07, 6.45) is -0.323. The van der Waals surface area contributed by atoms with Crippen molar-refractivity contribution in [1.82, 2.24) is 0 Å². The molecule has 1 amide bonds. The number of benzene rings is 1. The summed E-state index contributed by atoms with van der Waals surface area (Å²) in [4.78, 5) is 12.4. The largest absolute Gasteiger partial charge is 0.490 e. The van der Waals surface area contributed by atoms with Crippen LogP contribution in [-0.2, 0) is 11.0 Å². The summed E-state index contributed by atoms with van der Waals surface area (Å²) in [6.45, 7) is 0.0128. The second-order valence-electron chi connectivity index (χ2n) is 5.76.